The van der Waals surface area contributed by atoms with Crippen molar-refractivity contribution in [2.45, 2.75) is 6.10 Å². The second-order valence-electron chi connectivity index (χ2n) is 7.11. The van der Waals surface area contributed by atoms with Crippen LogP contribution in [0, 0.1) is 0 Å². The molecule has 0 spiro atoms. The first-order valence-corrected chi connectivity index (χ1v) is 9.71. The lowest BCUT2D eigenvalue weighted by Gasteiger charge is -2.20. The minimum Gasteiger partial charge on any atom is -0.490 e. The van der Waals surface area contributed by atoms with Crippen LogP contribution in [0.15, 0.2) is 84.0 Å². The highest BCUT2D eigenvalue weighted by molar-refractivity contribution is 5.86. The van der Waals surface area contributed by atoms with Crippen LogP contribution in [0.1, 0.15) is 5.56 Å². The lowest BCUT2D eigenvalue weighted by Crippen LogP contribution is -2.12. The quantitative estimate of drug-likeness (QED) is 0.319. The van der Waals surface area contributed by atoms with E-state index in [4.69, 9.17) is 14.6 Å². The molecule has 0 bridgehead atoms. The van der Waals surface area contributed by atoms with Crippen molar-refractivity contribution in [3.8, 4) is 5.75 Å². The van der Waals surface area contributed by atoms with Crippen molar-refractivity contribution in [3.05, 3.63) is 84.4 Å². The molecule has 0 N–H and O–H groups in total. The van der Waals surface area contributed by atoms with E-state index in [1.165, 1.54) is 0 Å². The number of hydrogen-bond donors (Lipinski definition) is 0. The Labute approximate surface area is 171 Å². The van der Waals surface area contributed by atoms with E-state index in [0.29, 0.717) is 6.61 Å². The Hall–Kier alpha value is -3.31. The number of ether oxygens (including phenoxy) is 2. The first-order chi connectivity index (χ1) is 14.2. The molecule has 4 rings (SSSR count). The summed E-state index contributed by atoms with van der Waals surface area (Å²) in [7, 11) is 4.03. The summed E-state index contributed by atoms with van der Waals surface area (Å²) in [4.78, 5) is 2.06. The number of nitrogens with zero attached hydrogens (tertiary/aromatic N) is 3. The number of benzene rings is 3. The highest BCUT2D eigenvalue weighted by Gasteiger charge is 2.23. The van der Waals surface area contributed by atoms with Gasteiger partial charge in [-0.3, -0.25) is 0 Å². The third-order valence-electron chi connectivity index (χ3n) is 4.65. The maximum Gasteiger partial charge on any atom is 0.130 e. The zero-order valence-corrected chi connectivity index (χ0v) is 16.7. The van der Waals surface area contributed by atoms with Crippen LogP contribution in [0.2, 0.25) is 0 Å². The Bertz CT molecular complexity index is 915. The maximum atomic E-state index is 6.03. The average molecular weight is 387 g/mol. The summed E-state index contributed by atoms with van der Waals surface area (Å²) < 4.78 is 11.3. The van der Waals surface area contributed by atoms with Crippen molar-refractivity contribution < 1.29 is 9.47 Å². The van der Waals surface area contributed by atoms with Crippen LogP contribution < -0.4 is 14.6 Å². The fourth-order valence-corrected chi connectivity index (χ4v) is 2.92. The number of para-hydroxylation sites is 2. The van der Waals surface area contributed by atoms with Crippen LogP contribution in [0.3, 0.4) is 0 Å². The van der Waals surface area contributed by atoms with Crippen LogP contribution >= 0.6 is 0 Å². The van der Waals surface area contributed by atoms with Gasteiger partial charge in [-0.25, -0.2) is 5.01 Å². The topological polar surface area (TPSA) is 40.6 Å². The highest BCUT2D eigenvalue weighted by atomic mass is 16.6. The molecular weight excluding hydrogens is 362 g/mol. The van der Waals surface area contributed by atoms with Gasteiger partial charge in [-0.15, -0.1) is 0 Å². The molecule has 1 fully saturated rings. The predicted molar refractivity (Wildman–Crippen MR) is 119 cm³/mol. The zero-order chi connectivity index (χ0) is 20.1. The number of anilines is 3. The molecular formula is C24H25N3O2. The molecule has 1 saturated heterocycles. The number of epoxide rings is 1. The van der Waals surface area contributed by atoms with E-state index in [9.17, 15) is 0 Å². The largest absolute Gasteiger partial charge is 0.490 e. The minimum atomic E-state index is 0.202. The first-order valence-electron chi connectivity index (χ1n) is 9.71. The Morgan fingerprint density at radius 1 is 0.931 bits per heavy atom. The van der Waals surface area contributed by atoms with Crippen LogP contribution in [-0.4, -0.2) is 39.6 Å². The van der Waals surface area contributed by atoms with Gasteiger partial charge in [0.1, 0.15) is 18.5 Å². The lowest BCUT2D eigenvalue weighted by molar-refractivity contribution is 0.263. The van der Waals surface area contributed by atoms with Crippen LogP contribution in [-0.2, 0) is 4.74 Å². The van der Waals surface area contributed by atoms with Gasteiger partial charge in [0.15, 0.2) is 0 Å². The molecule has 1 atom stereocenters. The van der Waals surface area contributed by atoms with E-state index in [-0.39, 0.29) is 6.10 Å². The van der Waals surface area contributed by atoms with Gasteiger partial charge in [0, 0.05) is 31.4 Å². The molecule has 0 saturated carbocycles. The van der Waals surface area contributed by atoms with Gasteiger partial charge in [-0.2, -0.15) is 5.10 Å². The average Bonchev–Trinajstić information content (AvgIpc) is 3.59. The molecule has 148 valence electrons. The summed E-state index contributed by atoms with van der Waals surface area (Å²) in [6.45, 7) is 1.32. The van der Waals surface area contributed by atoms with Gasteiger partial charge in [0.25, 0.3) is 0 Å². The van der Waals surface area contributed by atoms with Crippen LogP contribution in [0.4, 0.5) is 17.1 Å². The summed E-state index contributed by atoms with van der Waals surface area (Å²) in [5, 5.41) is 6.72. The van der Waals surface area contributed by atoms with Gasteiger partial charge in [0.05, 0.1) is 24.2 Å². The van der Waals surface area contributed by atoms with E-state index in [1.54, 1.807) is 0 Å². The minimum absolute atomic E-state index is 0.202. The molecule has 1 aliphatic heterocycles. The van der Waals surface area contributed by atoms with Gasteiger partial charge in [-0.1, -0.05) is 36.4 Å². The Morgan fingerprint density at radius 2 is 1.55 bits per heavy atom. The van der Waals surface area contributed by atoms with Gasteiger partial charge in [-0.05, 0) is 36.4 Å². The second kappa shape index (κ2) is 8.80. The van der Waals surface area contributed by atoms with Crippen molar-refractivity contribution in [2.75, 3.05) is 37.2 Å². The molecule has 1 heterocycles. The molecule has 0 aliphatic carbocycles. The SMILES string of the molecule is CN(C)c1ccc(C=NN(c2ccccc2)c2ccccc2)c(OCC2CO2)c1. The molecule has 1 aliphatic rings. The van der Waals surface area contributed by atoms with E-state index in [1.807, 2.05) is 98.1 Å². The van der Waals surface area contributed by atoms with Gasteiger partial charge >= 0.3 is 0 Å². The number of hydrogen-bond acceptors (Lipinski definition) is 5. The van der Waals surface area contributed by atoms with Gasteiger partial charge in [0.2, 0.25) is 0 Å². The van der Waals surface area contributed by atoms with E-state index >= 15 is 0 Å². The lowest BCUT2D eigenvalue weighted by atomic mass is 10.2. The number of hydrazone groups is 1. The molecule has 5 nitrogen and oxygen atoms in total. The Balaban J connectivity index is 1.65. The predicted octanol–water partition coefficient (Wildman–Crippen LogP) is 4.70. The summed E-state index contributed by atoms with van der Waals surface area (Å²) in [5.41, 5.74) is 3.99. The molecule has 1 unspecified atom stereocenters. The van der Waals surface area contributed by atoms with E-state index < -0.39 is 0 Å². The highest BCUT2D eigenvalue weighted by Crippen LogP contribution is 2.28. The zero-order valence-electron chi connectivity index (χ0n) is 16.7. The third-order valence-corrected chi connectivity index (χ3v) is 4.65. The molecule has 0 aromatic heterocycles. The third kappa shape index (κ3) is 4.95. The van der Waals surface area contributed by atoms with E-state index in [2.05, 4.69) is 11.0 Å². The molecule has 0 radical (unpaired) electrons. The van der Waals surface area contributed by atoms with E-state index in [0.717, 1.165) is 35.0 Å². The molecule has 3 aromatic rings. The van der Waals surface area contributed by atoms with Crippen molar-refractivity contribution in [3.63, 3.8) is 0 Å². The second-order valence-corrected chi connectivity index (χ2v) is 7.11. The summed E-state index contributed by atoms with van der Waals surface area (Å²) in [6.07, 6.45) is 2.05. The smallest absolute Gasteiger partial charge is 0.130 e. The van der Waals surface area contributed by atoms with Crippen molar-refractivity contribution in [1.29, 1.82) is 0 Å². The maximum absolute atomic E-state index is 6.03. The van der Waals surface area contributed by atoms with Crippen LogP contribution in [0.5, 0.6) is 5.75 Å². The molecule has 29 heavy (non-hydrogen) atoms. The first kappa shape index (κ1) is 19.0. The van der Waals surface area contributed by atoms with Gasteiger partial charge < -0.3 is 14.4 Å². The molecule has 5 heteroatoms. The van der Waals surface area contributed by atoms with Crippen LogP contribution in [0.25, 0.3) is 0 Å². The Kier molecular flexibility index (Phi) is 5.77. The fraction of sp³-hybridized carbons (Fsp3) is 0.208. The monoisotopic (exact) mass is 387 g/mol. The van der Waals surface area contributed by atoms with Crippen molar-refractivity contribution in [2.24, 2.45) is 5.10 Å². The molecule has 3 aromatic carbocycles. The Morgan fingerprint density at radius 3 is 2.10 bits per heavy atom. The number of rotatable bonds is 8. The van der Waals surface area contributed by atoms with Crippen molar-refractivity contribution in [1.82, 2.24) is 0 Å². The summed E-state index contributed by atoms with van der Waals surface area (Å²) in [6, 6.07) is 26.4. The fourth-order valence-electron chi connectivity index (χ4n) is 2.92. The summed E-state index contributed by atoms with van der Waals surface area (Å²) >= 11 is 0. The summed E-state index contributed by atoms with van der Waals surface area (Å²) in [5.74, 6) is 0.802. The van der Waals surface area contributed by atoms with Crippen molar-refractivity contribution >= 4 is 23.3 Å². The standard InChI is InChI=1S/C24H25N3O2/c1-26(2)22-14-13-19(24(15-22)29-18-23-17-28-23)16-25-27(20-9-5-3-6-10-20)21-11-7-4-8-12-21/h3-16,23H,17-18H2,1-2H3. The normalized spacial score (nSPS) is 15.3. The molecule has 0 amide bonds.